The van der Waals surface area contributed by atoms with Gasteiger partial charge in [0, 0.05) is 29.5 Å². The van der Waals surface area contributed by atoms with Crippen molar-refractivity contribution in [2.45, 2.75) is 25.7 Å². The number of rotatable bonds is 4. The molecule has 1 atom stereocenters. The zero-order valence-corrected chi connectivity index (χ0v) is 15.0. The molecule has 5 heteroatoms. The molecular formula is C19H20BrNO3. The first-order chi connectivity index (χ1) is 11.5. The van der Waals surface area contributed by atoms with Gasteiger partial charge in [-0.15, -0.1) is 0 Å². The van der Waals surface area contributed by atoms with Crippen LogP contribution in [0.5, 0.6) is 0 Å². The SMILES string of the molecule is O=C(O)CCC1CCCN(C(=O)c2ccc3cc(Br)ccc3c2)C1. The Morgan fingerprint density at radius 2 is 1.92 bits per heavy atom. The highest BCUT2D eigenvalue weighted by atomic mass is 79.9. The van der Waals surface area contributed by atoms with Gasteiger partial charge in [-0.25, -0.2) is 0 Å². The number of halogens is 1. The van der Waals surface area contributed by atoms with E-state index in [0.717, 1.165) is 34.6 Å². The fraction of sp³-hybridized carbons (Fsp3) is 0.368. The van der Waals surface area contributed by atoms with Crippen molar-refractivity contribution in [3.63, 3.8) is 0 Å². The molecule has 0 aliphatic carbocycles. The number of aliphatic carboxylic acids is 1. The molecule has 0 bridgehead atoms. The quantitative estimate of drug-likeness (QED) is 0.846. The smallest absolute Gasteiger partial charge is 0.303 e. The van der Waals surface area contributed by atoms with Crippen molar-refractivity contribution >= 4 is 38.6 Å². The molecule has 2 aromatic carbocycles. The number of carbonyl (C=O) groups is 2. The van der Waals surface area contributed by atoms with Crippen molar-refractivity contribution in [3.05, 3.63) is 46.4 Å². The largest absolute Gasteiger partial charge is 0.481 e. The van der Waals surface area contributed by atoms with Crippen LogP contribution in [-0.4, -0.2) is 35.0 Å². The fourth-order valence-electron chi connectivity index (χ4n) is 3.34. The molecule has 0 radical (unpaired) electrons. The summed E-state index contributed by atoms with van der Waals surface area (Å²) in [7, 11) is 0. The molecule has 1 aliphatic heterocycles. The number of carboxylic acid groups (broad SMARTS) is 1. The Bertz CT molecular complexity index is 774. The van der Waals surface area contributed by atoms with E-state index in [4.69, 9.17) is 5.11 Å². The highest BCUT2D eigenvalue weighted by Gasteiger charge is 2.24. The summed E-state index contributed by atoms with van der Waals surface area (Å²) in [6, 6.07) is 11.8. The van der Waals surface area contributed by atoms with E-state index in [-0.39, 0.29) is 18.2 Å². The maximum absolute atomic E-state index is 12.8. The monoisotopic (exact) mass is 389 g/mol. The predicted molar refractivity (Wildman–Crippen MR) is 97.1 cm³/mol. The van der Waals surface area contributed by atoms with Crippen LogP contribution in [0, 0.1) is 5.92 Å². The fourth-order valence-corrected chi connectivity index (χ4v) is 3.72. The number of piperidine rings is 1. The molecule has 3 rings (SSSR count). The lowest BCUT2D eigenvalue weighted by molar-refractivity contribution is -0.137. The molecular weight excluding hydrogens is 370 g/mol. The van der Waals surface area contributed by atoms with Gasteiger partial charge in [-0.3, -0.25) is 9.59 Å². The third-order valence-corrected chi connectivity index (χ3v) is 5.12. The molecule has 0 spiro atoms. The molecule has 1 N–H and O–H groups in total. The first kappa shape index (κ1) is 17.0. The molecule has 1 unspecified atom stereocenters. The molecule has 1 heterocycles. The predicted octanol–water partition coefficient (Wildman–Crippen LogP) is 4.32. The summed E-state index contributed by atoms with van der Waals surface area (Å²) < 4.78 is 1.02. The van der Waals surface area contributed by atoms with Gasteiger partial charge >= 0.3 is 5.97 Å². The van der Waals surface area contributed by atoms with Crippen molar-refractivity contribution < 1.29 is 14.7 Å². The van der Waals surface area contributed by atoms with Crippen LogP contribution in [0.1, 0.15) is 36.0 Å². The molecule has 0 aromatic heterocycles. The van der Waals surface area contributed by atoms with E-state index < -0.39 is 5.97 Å². The van der Waals surface area contributed by atoms with Gasteiger partial charge in [-0.05, 0) is 60.2 Å². The number of likely N-dealkylation sites (tertiary alicyclic amines) is 1. The van der Waals surface area contributed by atoms with Crippen LogP contribution in [0.25, 0.3) is 10.8 Å². The number of fused-ring (bicyclic) bond motifs is 1. The summed E-state index contributed by atoms with van der Waals surface area (Å²) in [5.74, 6) is -0.436. The average molecular weight is 390 g/mol. The van der Waals surface area contributed by atoms with Crippen LogP contribution in [0.4, 0.5) is 0 Å². The topological polar surface area (TPSA) is 57.6 Å². The summed E-state index contributed by atoms with van der Waals surface area (Å²) in [6.07, 6.45) is 2.77. The van der Waals surface area contributed by atoms with Crippen LogP contribution in [0.3, 0.4) is 0 Å². The van der Waals surface area contributed by atoms with Crippen LogP contribution in [0.2, 0.25) is 0 Å². The lowest BCUT2D eigenvalue weighted by Crippen LogP contribution is -2.40. The molecule has 1 amide bonds. The van der Waals surface area contributed by atoms with Crippen molar-refractivity contribution in [2.24, 2.45) is 5.92 Å². The number of benzene rings is 2. The van der Waals surface area contributed by atoms with Crippen LogP contribution >= 0.6 is 15.9 Å². The molecule has 126 valence electrons. The normalized spacial score (nSPS) is 17.9. The summed E-state index contributed by atoms with van der Waals surface area (Å²) >= 11 is 3.46. The Kier molecular flexibility index (Phi) is 5.19. The first-order valence-electron chi connectivity index (χ1n) is 8.23. The summed E-state index contributed by atoms with van der Waals surface area (Å²) in [6.45, 7) is 1.41. The zero-order valence-electron chi connectivity index (χ0n) is 13.4. The van der Waals surface area contributed by atoms with E-state index in [1.807, 2.05) is 41.3 Å². The lowest BCUT2D eigenvalue weighted by atomic mass is 9.93. The number of hydrogen-bond acceptors (Lipinski definition) is 2. The molecule has 1 saturated heterocycles. The molecule has 1 aliphatic rings. The second-order valence-electron chi connectivity index (χ2n) is 6.40. The molecule has 4 nitrogen and oxygen atoms in total. The highest BCUT2D eigenvalue weighted by Crippen LogP contribution is 2.25. The van der Waals surface area contributed by atoms with E-state index in [0.29, 0.717) is 18.5 Å². The second kappa shape index (κ2) is 7.34. The standard InChI is InChI=1S/C19H20BrNO3/c20-17-7-6-14-10-16(5-4-15(14)11-17)19(24)21-9-1-2-13(12-21)3-8-18(22)23/h4-7,10-11,13H,1-3,8-9,12H2,(H,22,23). The van der Waals surface area contributed by atoms with Crippen LogP contribution in [0.15, 0.2) is 40.9 Å². The third kappa shape index (κ3) is 3.96. The summed E-state index contributed by atoms with van der Waals surface area (Å²) in [4.78, 5) is 25.4. The van der Waals surface area contributed by atoms with Gasteiger partial charge in [0.05, 0.1) is 0 Å². The van der Waals surface area contributed by atoms with Gasteiger partial charge in [0.1, 0.15) is 0 Å². The number of carboxylic acids is 1. The minimum absolute atomic E-state index is 0.0415. The highest BCUT2D eigenvalue weighted by molar-refractivity contribution is 9.10. The number of hydrogen-bond donors (Lipinski definition) is 1. The van der Waals surface area contributed by atoms with Gasteiger partial charge in [-0.1, -0.05) is 28.1 Å². The van der Waals surface area contributed by atoms with Gasteiger partial charge < -0.3 is 10.0 Å². The Morgan fingerprint density at radius 1 is 1.17 bits per heavy atom. The van der Waals surface area contributed by atoms with Gasteiger partial charge in [0.25, 0.3) is 5.91 Å². The zero-order chi connectivity index (χ0) is 17.1. The summed E-state index contributed by atoms with van der Waals surface area (Å²) in [5.41, 5.74) is 0.698. The Balaban J connectivity index is 1.73. The van der Waals surface area contributed by atoms with Gasteiger partial charge in [0.2, 0.25) is 0 Å². The number of carbonyl (C=O) groups excluding carboxylic acids is 1. The third-order valence-electron chi connectivity index (χ3n) is 4.62. The second-order valence-corrected chi connectivity index (χ2v) is 7.31. The maximum Gasteiger partial charge on any atom is 0.303 e. The van der Waals surface area contributed by atoms with E-state index in [2.05, 4.69) is 15.9 Å². The molecule has 24 heavy (non-hydrogen) atoms. The maximum atomic E-state index is 12.8. The average Bonchev–Trinajstić information content (AvgIpc) is 2.59. The minimum atomic E-state index is -0.765. The van der Waals surface area contributed by atoms with Crippen LogP contribution < -0.4 is 0 Å². The minimum Gasteiger partial charge on any atom is -0.481 e. The number of amides is 1. The van der Waals surface area contributed by atoms with Crippen molar-refractivity contribution in [2.75, 3.05) is 13.1 Å². The molecule has 1 fully saturated rings. The van der Waals surface area contributed by atoms with E-state index in [9.17, 15) is 9.59 Å². The molecule has 2 aromatic rings. The van der Waals surface area contributed by atoms with E-state index >= 15 is 0 Å². The van der Waals surface area contributed by atoms with Gasteiger partial charge in [-0.2, -0.15) is 0 Å². The Hall–Kier alpha value is -1.88. The summed E-state index contributed by atoms with van der Waals surface area (Å²) in [5, 5.41) is 11.0. The van der Waals surface area contributed by atoms with Gasteiger partial charge in [0.15, 0.2) is 0 Å². The Labute approximate surface area is 149 Å². The number of nitrogens with zero attached hydrogens (tertiary/aromatic N) is 1. The van der Waals surface area contributed by atoms with Crippen molar-refractivity contribution in [3.8, 4) is 0 Å². The van der Waals surface area contributed by atoms with Crippen molar-refractivity contribution in [1.82, 2.24) is 4.90 Å². The first-order valence-corrected chi connectivity index (χ1v) is 9.02. The van der Waals surface area contributed by atoms with Crippen LogP contribution in [-0.2, 0) is 4.79 Å². The van der Waals surface area contributed by atoms with E-state index in [1.54, 1.807) is 0 Å². The Morgan fingerprint density at radius 3 is 2.71 bits per heavy atom. The lowest BCUT2D eigenvalue weighted by Gasteiger charge is -2.32. The molecule has 0 saturated carbocycles. The van der Waals surface area contributed by atoms with E-state index in [1.165, 1.54) is 0 Å². The van der Waals surface area contributed by atoms with Crippen molar-refractivity contribution in [1.29, 1.82) is 0 Å².